The molecule has 1 amide bonds. The number of nitrogens with two attached hydrogens (primary N) is 2. The summed E-state index contributed by atoms with van der Waals surface area (Å²) >= 11 is 0. The van der Waals surface area contributed by atoms with Gasteiger partial charge >= 0.3 is 16.2 Å². The number of carbonyl (C=O) groups is 2. The van der Waals surface area contributed by atoms with Crippen LogP contribution in [0.3, 0.4) is 0 Å². The summed E-state index contributed by atoms with van der Waals surface area (Å²) in [5, 5.41) is 14.4. The zero-order chi connectivity index (χ0) is 18.3. The van der Waals surface area contributed by atoms with Crippen LogP contribution < -0.4 is 10.9 Å². The Kier molecular flexibility index (Phi) is 6.27. The van der Waals surface area contributed by atoms with Gasteiger partial charge in [0.1, 0.15) is 5.69 Å². The predicted molar refractivity (Wildman–Crippen MR) is 94.0 cm³/mol. The molecular formula is C14H23ClN4O5S. The van der Waals surface area contributed by atoms with Crippen LogP contribution in [0, 0.1) is 0 Å². The maximum absolute atomic E-state index is 12.2. The molecule has 9 nitrogen and oxygen atoms in total. The Labute approximate surface area is 152 Å². The molecule has 0 aliphatic carbocycles. The molecule has 1 aliphatic rings. The lowest BCUT2D eigenvalue weighted by molar-refractivity contribution is -0.136. The molecule has 11 heteroatoms. The number of likely N-dealkylation sites (tertiary alicyclic amines) is 1. The summed E-state index contributed by atoms with van der Waals surface area (Å²) < 4.78 is 23.6. The Morgan fingerprint density at radius 3 is 2.20 bits per heavy atom. The Bertz CT molecular complexity index is 761. The molecule has 1 saturated heterocycles. The minimum absolute atomic E-state index is 0. The second-order valence-electron chi connectivity index (χ2n) is 6.55. The van der Waals surface area contributed by atoms with Gasteiger partial charge in [-0.25, -0.2) is 13.9 Å². The highest BCUT2D eigenvalue weighted by Crippen LogP contribution is 2.32. The molecule has 2 heterocycles. The molecular weight excluding hydrogens is 372 g/mol. The smallest absolute Gasteiger partial charge is 0.353 e. The Balaban J connectivity index is 0.00000312. The van der Waals surface area contributed by atoms with Crippen LogP contribution in [-0.2, 0) is 15.0 Å². The molecule has 0 aromatic carbocycles. The van der Waals surface area contributed by atoms with Gasteiger partial charge in [0.25, 0.3) is 0 Å². The fourth-order valence-electron chi connectivity index (χ4n) is 2.99. The number of hydrogen-bond donors (Lipinski definition) is 3. The summed E-state index contributed by atoms with van der Waals surface area (Å²) in [5.41, 5.74) is 4.92. The number of piperidine rings is 1. The molecule has 1 aromatic rings. The van der Waals surface area contributed by atoms with Gasteiger partial charge in [-0.1, -0.05) is 0 Å². The number of aromatic nitrogens is 1. The van der Waals surface area contributed by atoms with Gasteiger partial charge in [0.2, 0.25) is 5.91 Å². The zero-order valence-corrected chi connectivity index (χ0v) is 15.6. The average Bonchev–Trinajstić information content (AvgIpc) is 2.90. The fourth-order valence-corrected chi connectivity index (χ4v) is 3.66. The lowest BCUT2D eigenvalue weighted by Gasteiger charge is -2.35. The average molecular weight is 395 g/mol. The van der Waals surface area contributed by atoms with Crippen LogP contribution in [0.2, 0.25) is 0 Å². The van der Waals surface area contributed by atoms with E-state index >= 15 is 0 Å². The second-order valence-corrected chi connectivity index (χ2v) is 7.98. The molecule has 2 rings (SSSR count). The molecule has 0 radical (unpaired) electrons. The minimum atomic E-state index is -4.19. The number of carboxylic acid groups (broad SMARTS) is 1. The van der Waals surface area contributed by atoms with Crippen molar-refractivity contribution in [3.8, 4) is 0 Å². The van der Waals surface area contributed by atoms with Crippen LogP contribution in [0.4, 0.5) is 0 Å². The van der Waals surface area contributed by atoms with Crippen LogP contribution in [-0.4, -0.2) is 52.9 Å². The van der Waals surface area contributed by atoms with Gasteiger partial charge in [0.15, 0.2) is 0 Å². The first-order valence-electron chi connectivity index (χ1n) is 7.49. The summed E-state index contributed by atoms with van der Waals surface area (Å²) in [4.78, 5) is 25.3. The number of halogens is 1. The lowest BCUT2D eigenvalue weighted by atomic mass is 9.88. The predicted octanol–water partition coefficient (Wildman–Crippen LogP) is 0.103. The first-order valence-corrected chi connectivity index (χ1v) is 8.99. The van der Waals surface area contributed by atoms with E-state index in [1.54, 1.807) is 18.7 Å². The van der Waals surface area contributed by atoms with Crippen molar-refractivity contribution in [1.29, 1.82) is 0 Å². The van der Waals surface area contributed by atoms with Gasteiger partial charge < -0.3 is 15.7 Å². The topological polar surface area (TPSA) is 149 Å². The number of rotatable bonds is 4. The van der Waals surface area contributed by atoms with Crippen molar-refractivity contribution in [3.63, 3.8) is 0 Å². The molecule has 0 spiro atoms. The summed E-state index contributed by atoms with van der Waals surface area (Å²) in [7, 11) is -4.19. The van der Waals surface area contributed by atoms with E-state index in [1.165, 1.54) is 6.07 Å². The van der Waals surface area contributed by atoms with Crippen molar-refractivity contribution in [2.45, 2.75) is 38.1 Å². The number of hydrogen-bond acceptors (Lipinski definition) is 5. The van der Waals surface area contributed by atoms with Crippen LogP contribution in [0.15, 0.2) is 12.3 Å². The van der Waals surface area contributed by atoms with Crippen LogP contribution in [0.25, 0.3) is 0 Å². The third kappa shape index (κ3) is 4.51. The Morgan fingerprint density at radius 2 is 1.80 bits per heavy atom. The van der Waals surface area contributed by atoms with E-state index in [4.69, 9.17) is 10.9 Å². The molecule has 1 aliphatic heterocycles. The third-order valence-electron chi connectivity index (χ3n) is 4.13. The third-order valence-corrected chi connectivity index (χ3v) is 4.99. The van der Waals surface area contributed by atoms with Crippen molar-refractivity contribution in [2.24, 2.45) is 10.9 Å². The van der Waals surface area contributed by atoms with Gasteiger partial charge in [-0.2, -0.15) is 8.42 Å². The highest BCUT2D eigenvalue weighted by molar-refractivity contribution is 7.87. The maximum atomic E-state index is 12.2. The molecule has 25 heavy (non-hydrogen) atoms. The van der Waals surface area contributed by atoms with E-state index in [0.717, 1.165) is 6.20 Å². The number of amides is 1. The van der Waals surface area contributed by atoms with Crippen molar-refractivity contribution in [3.05, 3.63) is 23.5 Å². The monoisotopic (exact) mass is 394 g/mol. The summed E-state index contributed by atoms with van der Waals surface area (Å²) in [6.07, 6.45) is 2.20. The number of carbonyl (C=O) groups excluding carboxylic acids is 1. The van der Waals surface area contributed by atoms with Crippen molar-refractivity contribution >= 4 is 34.5 Å². The van der Waals surface area contributed by atoms with Gasteiger partial charge in [-0.15, -0.1) is 12.4 Å². The highest BCUT2D eigenvalue weighted by atomic mass is 35.5. The van der Waals surface area contributed by atoms with Gasteiger partial charge in [0, 0.05) is 19.3 Å². The number of aromatic carboxylic acids is 1. The van der Waals surface area contributed by atoms with Crippen LogP contribution >= 0.6 is 12.4 Å². The van der Waals surface area contributed by atoms with Crippen LogP contribution in [0.1, 0.15) is 48.7 Å². The van der Waals surface area contributed by atoms with E-state index in [2.05, 4.69) is 0 Å². The van der Waals surface area contributed by atoms with Crippen molar-refractivity contribution < 1.29 is 23.1 Å². The molecule has 0 saturated carbocycles. The molecule has 1 aromatic heterocycles. The first-order chi connectivity index (χ1) is 10.9. The number of nitrogens with zero attached hydrogens (tertiary/aromatic N) is 2. The maximum Gasteiger partial charge on any atom is 0.353 e. The van der Waals surface area contributed by atoms with Crippen molar-refractivity contribution in [1.82, 2.24) is 8.87 Å². The van der Waals surface area contributed by atoms with Gasteiger partial charge in [0.05, 0.1) is 5.54 Å². The molecule has 0 atom stereocenters. The molecule has 0 bridgehead atoms. The van der Waals surface area contributed by atoms with E-state index < -0.39 is 21.7 Å². The minimum Gasteiger partial charge on any atom is -0.477 e. The standard InChI is InChI=1S/C14H22N4O5S.ClH/c1-14(2,15)13(21)17-6-3-9(4-7-17)10-5-8-18(24(16,22)23)11(10)12(19)20;/h5,8-9H,3-4,6-7,15H2,1-2H3,(H,19,20)(H2,16,22,23);1H. The van der Waals surface area contributed by atoms with Gasteiger partial charge in [-0.3, -0.25) is 4.79 Å². The summed E-state index contributed by atoms with van der Waals surface area (Å²) in [6, 6.07) is 1.46. The zero-order valence-electron chi connectivity index (χ0n) is 14.0. The summed E-state index contributed by atoms with van der Waals surface area (Å²) in [6.45, 7) is 4.14. The number of carboxylic acids is 1. The van der Waals surface area contributed by atoms with Gasteiger partial charge in [-0.05, 0) is 44.2 Å². The summed E-state index contributed by atoms with van der Waals surface area (Å²) in [5.74, 6) is -1.68. The molecule has 0 unspecified atom stereocenters. The Morgan fingerprint density at radius 1 is 1.28 bits per heavy atom. The fraction of sp³-hybridized carbons (Fsp3) is 0.571. The largest absolute Gasteiger partial charge is 0.477 e. The van der Waals surface area contributed by atoms with E-state index in [1.807, 2.05) is 0 Å². The van der Waals surface area contributed by atoms with E-state index in [9.17, 15) is 23.1 Å². The molecule has 5 N–H and O–H groups in total. The van der Waals surface area contributed by atoms with E-state index in [0.29, 0.717) is 35.5 Å². The normalized spacial score (nSPS) is 16.4. The van der Waals surface area contributed by atoms with Crippen LogP contribution in [0.5, 0.6) is 0 Å². The van der Waals surface area contributed by atoms with Crippen molar-refractivity contribution in [2.75, 3.05) is 13.1 Å². The first kappa shape index (κ1) is 21.4. The SMILES string of the molecule is CC(C)(N)C(=O)N1CCC(c2ccn(S(N)(=O)=O)c2C(=O)O)CC1.Cl. The molecule has 1 fully saturated rings. The molecule has 142 valence electrons. The Hall–Kier alpha value is -1.62. The second kappa shape index (κ2) is 7.32. The highest BCUT2D eigenvalue weighted by Gasteiger charge is 2.33. The quantitative estimate of drug-likeness (QED) is 0.659. The lowest BCUT2D eigenvalue weighted by Crippen LogP contribution is -2.53. The van der Waals surface area contributed by atoms with E-state index in [-0.39, 0.29) is 29.9 Å².